The molecule has 0 aliphatic rings. The van der Waals surface area contributed by atoms with Gasteiger partial charge in [0, 0.05) is 0 Å². The second-order valence-corrected chi connectivity index (χ2v) is 13.7. The predicted octanol–water partition coefficient (Wildman–Crippen LogP) is 11.9. The molecule has 0 unspecified atom stereocenters. The van der Waals surface area contributed by atoms with Gasteiger partial charge < -0.3 is 18.9 Å². The van der Waals surface area contributed by atoms with Crippen LogP contribution in [0.1, 0.15) is 198 Å². The van der Waals surface area contributed by atoms with Gasteiger partial charge in [-0.15, -0.1) is 0 Å². The molecule has 0 heterocycles. The smallest absolute Gasteiger partial charge is 0.339 e. The van der Waals surface area contributed by atoms with Crippen molar-refractivity contribution >= 4 is 23.9 Å². The summed E-state index contributed by atoms with van der Waals surface area (Å²) >= 11 is 0. The molecule has 0 bridgehead atoms. The number of unbranched alkanes of at least 4 members (excludes halogenated alkanes) is 16. The summed E-state index contributed by atoms with van der Waals surface area (Å²) in [5, 5.41) is 0. The predicted molar refractivity (Wildman–Crippen MR) is 208 cm³/mol. The van der Waals surface area contributed by atoms with Crippen LogP contribution in [0.4, 0.5) is 0 Å². The van der Waals surface area contributed by atoms with Crippen molar-refractivity contribution in [2.24, 2.45) is 0 Å². The summed E-state index contributed by atoms with van der Waals surface area (Å²) in [5.41, 5.74) is 0.689. The number of hydrogen-bond acceptors (Lipinski definition) is 8. The molecule has 290 valence electrons. The standard InChI is InChI=1S/C44H66O8/c1-5-9-13-17-21-31-49-41(45)37-29-25-27-35(39(37)43(47)51-33-23-19-15-11-7-3)36-28-26-30-38(42(46)50-32-22-18-14-10-6-2)40(36)44(48)52-34-24-20-16-12-8-4/h25-30H,5-24,31-34H2,1-4H3. The molecule has 2 aromatic rings. The van der Waals surface area contributed by atoms with E-state index >= 15 is 0 Å². The maximum absolute atomic E-state index is 13.9. The molecule has 8 heteroatoms. The fraction of sp³-hybridized carbons (Fsp3) is 0.636. The number of hydrogen-bond donors (Lipinski definition) is 0. The van der Waals surface area contributed by atoms with Crippen molar-refractivity contribution in [2.45, 2.75) is 156 Å². The van der Waals surface area contributed by atoms with Crippen LogP contribution in [0.5, 0.6) is 0 Å². The van der Waals surface area contributed by atoms with Gasteiger partial charge in [-0.3, -0.25) is 0 Å². The number of esters is 4. The lowest BCUT2D eigenvalue weighted by Crippen LogP contribution is -2.19. The van der Waals surface area contributed by atoms with Crippen molar-refractivity contribution in [1.82, 2.24) is 0 Å². The zero-order valence-electron chi connectivity index (χ0n) is 32.7. The lowest BCUT2D eigenvalue weighted by atomic mass is 9.90. The highest BCUT2D eigenvalue weighted by atomic mass is 16.5. The maximum atomic E-state index is 13.9. The molecule has 0 spiro atoms. The first-order chi connectivity index (χ1) is 25.4. The summed E-state index contributed by atoms with van der Waals surface area (Å²) in [6, 6.07) is 9.73. The van der Waals surface area contributed by atoms with Crippen molar-refractivity contribution in [1.29, 1.82) is 0 Å². The highest BCUT2D eigenvalue weighted by Gasteiger charge is 2.29. The van der Waals surface area contributed by atoms with E-state index in [1.54, 1.807) is 36.4 Å². The Kier molecular flexibility index (Phi) is 23.9. The summed E-state index contributed by atoms with van der Waals surface area (Å²) in [6.07, 6.45) is 19.7. The number of rotatable bonds is 29. The Bertz CT molecular complexity index is 1230. The Morgan fingerprint density at radius 2 is 0.635 bits per heavy atom. The first-order valence-corrected chi connectivity index (χ1v) is 20.4. The van der Waals surface area contributed by atoms with E-state index in [4.69, 9.17) is 18.9 Å². The third kappa shape index (κ3) is 16.3. The van der Waals surface area contributed by atoms with E-state index < -0.39 is 23.9 Å². The van der Waals surface area contributed by atoms with Gasteiger partial charge in [0.15, 0.2) is 0 Å². The molecule has 0 amide bonds. The molecule has 0 N–H and O–H groups in total. The molecule has 0 saturated carbocycles. The SMILES string of the molecule is CCCCCCCOC(=O)c1cccc(-c2cccc(C(=O)OCCCCCCC)c2C(=O)OCCCCCCC)c1C(=O)OCCCCCCC. The summed E-state index contributed by atoms with van der Waals surface area (Å²) < 4.78 is 22.8. The monoisotopic (exact) mass is 722 g/mol. The fourth-order valence-electron chi connectivity index (χ4n) is 6.12. The van der Waals surface area contributed by atoms with E-state index in [0.29, 0.717) is 12.8 Å². The zero-order valence-corrected chi connectivity index (χ0v) is 32.7. The summed E-state index contributed by atoms with van der Waals surface area (Å²) in [7, 11) is 0. The van der Waals surface area contributed by atoms with E-state index in [2.05, 4.69) is 27.7 Å². The second kappa shape index (κ2) is 27.9. The minimum Gasteiger partial charge on any atom is -0.462 e. The van der Waals surface area contributed by atoms with Crippen LogP contribution in [0.3, 0.4) is 0 Å². The van der Waals surface area contributed by atoms with Gasteiger partial charge in [-0.2, -0.15) is 0 Å². The van der Waals surface area contributed by atoms with Gasteiger partial charge in [-0.1, -0.05) is 155 Å². The van der Waals surface area contributed by atoms with Gasteiger partial charge in [0.05, 0.1) is 48.7 Å². The van der Waals surface area contributed by atoms with Crippen LogP contribution in [0.2, 0.25) is 0 Å². The lowest BCUT2D eigenvalue weighted by molar-refractivity contribution is 0.0449. The molecule has 0 atom stereocenters. The summed E-state index contributed by atoms with van der Waals surface area (Å²) in [6.45, 7) is 9.43. The molecular formula is C44H66O8. The van der Waals surface area contributed by atoms with Crippen LogP contribution < -0.4 is 0 Å². The third-order valence-electron chi connectivity index (χ3n) is 9.19. The Balaban J connectivity index is 2.52. The molecule has 0 aliphatic heterocycles. The van der Waals surface area contributed by atoms with E-state index in [-0.39, 0.29) is 59.8 Å². The van der Waals surface area contributed by atoms with E-state index in [1.807, 2.05) is 0 Å². The average molecular weight is 723 g/mol. The van der Waals surface area contributed by atoms with Crippen LogP contribution in [-0.4, -0.2) is 50.3 Å². The number of carbonyl (C=O) groups excluding carboxylic acids is 4. The van der Waals surface area contributed by atoms with E-state index in [9.17, 15) is 19.2 Å². The summed E-state index contributed by atoms with van der Waals surface area (Å²) in [5.74, 6) is -2.64. The van der Waals surface area contributed by atoms with Crippen LogP contribution in [-0.2, 0) is 18.9 Å². The fourth-order valence-corrected chi connectivity index (χ4v) is 6.12. The van der Waals surface area contributed by atoms with E-state index in [0.717, 1.165) is 116 Å². The largest absolute Gasteiger partial charge is 0.462 e. The summed E-state index contributed by atoms with van der Waals surface area (Å²) in [4.78, 5) is 54.9. The molecule has 0 saturated heterocycles. The van der Waals surface area contributed by atoms with Crippen molar-refractivity contribution in [2.75, 3.05) is 26.4 Å². The number of ether oxygens (including phenoxy) is 4. The van der Waals surface area contributed by atoms with Gasteiger partial charge in [-0.25, -0.2) is 19.2 Å². The first-order valence-electron chi connectivity index (χ1n) is 20.4. The van der Waals surface area contributed by atoms with Crippen LogP contribution >= 0.6 is 0 Å². The zero-order chi connectivity index (χ0) is 37.8. The highest BCUT2D eigenvalue weighted by Crippen LogP contribution is 2.33. The highest BCUT2D eigenvalue weighted by molar-refractivity contribution is 6.12. The number of carbonyl (C=O) groups is 4. The molecule has 0 radical (unpaired) electrons. The Morgan fingerprint density at radius 3 is 0.923 bits per heavy atom. The van der Waals surface area contributed by atoms with Gasteiger partial charge in [0.25, 0.3) is 0 Å². The Morgan fingerprint density at radius 1 is 0.365 bits per heavy atom. The van der Waals surface area contributed by atoms with Crippen LogP contribution in [0, 0.1) is 0 Å². The van der Waals surface area contributed by atoms with Crippen molar-refractivity contribution < 1.29 is 38.1 Å². The van der Waals surface area contributed by atoms with Gasteiger partial charge in [0.2, 0.25) is 0 Å². The molecule has 2 rings (SSSR count). The molecule has 0 aromatic heterocycles. The Hall–Kier alpha value is -3.68. The third-order valence-corrected chi connectivity index (χ3v) is 9.19. The Labute approximate surface area is 313 Å². The molecule has 2 aromatic carbocycles. The second-order valence-electron chi connectivity index (χ2n) is 13.7. The topological polar surface area (TPSA) is 105 Å². The molecule has 8 nitrogen and oxygen atoms in total. The van der Waals surface area contributed by atoms with Crippen LogP contribution in [0.15, 0.2) is 36.4 Å². The first kappa shape index (κ1) is 44.5. The average Bonchev–Trinajstić information content (AvgIpc) is 3.16. The minimum atomic E-state index is -0.684. The maximum Gasteiger partial charge on any atom is 0.339 e. The molecule has 52 heavy (non-hydrogen) atoms. The molecule has 0 fully saturated rings. The number of benzene rings is 2. The molecular weight excluding hydrogens is 656 g/mol. The van der Waals surface area contributed by atoms with Gasteiger partial charge in [0.1, 0.15) is 0 Å². The lowest BCUT2D eigenvalue weighted by Gasteiger charge is -2.18. The van der Waals surface area contributed by atoms with Crippen molar-refractivity contribution in [3.63, 3.8) is 0 Å². The minimum absolute atomic E-state index is 0.00194. The molecule has 0 aliphatic carbocycles. The van der Waals surface area contributed by atoms with E-state index in [1.165, 1.54) is 0 Å². The van der Waals surface area contributed by atoms with Gasteiger partial charge in [-0.05, 0) is 48.9 Å². The quantitative estimate of drug-likeness (QED) is 0.0464. The normalized spacial score (nSPS) is 10.9. The van der Waals surface area contributed by atoms with Crippen LogP contribution in [0.25, 0.3) is 11.1 Å². The van der Waals surface area contributed by atoms with Crippen molar-refractivity contribution in [3.05, 3.63) is 58.7 Å². The van der Waals surface area contributed by atoms with Crippen molar-refractivity contribution in [3.8, 4) is 11.1 Å². The van der Waals surface area contributed by atoms with Gasteiger partial charge >= 0.3 is 23.9 Å².